The molecule has 1 fully saturated rings. The average Bonchev–Trinajstić information content (AvgIpc) is 2.76. The number of nitrogens with zero attached hydrogens (tertiary/aromatic N) is 3. The van der Waals surface area contributed by atoms with Gasteiger partial charge in [0.25, 0.3) is 5.91 Å². The first kappa shape index (κ1) is 18.3. The summed E-state index contributed by atoms with van der Waals surface area (Å²) in [5.74, 6) is -0.114. The van der Waals surface area contributed by atoms with Crippen LogP contribution in [0.5, 0.6) is 0 Å². The predicted octanol–water partition coefficient (Wildman–Crippen LogP) is 4.46. The van der Waals surface area contributed by atoms with Crippen LogP contribution in [0.2, 0.25) is 0 Å². The van der Waals surface area contributed by atoms with E-state index in [9.17, 15) is 4.79 Å². The molecule has 5 heteroatoms. The number of hydrogen-bond donors (Lipinski definition) is 1. The van der Waals surface area contributed by atoms with E-state index in [0.29, 0.717) is 17.3 Å². The second kappa shape index (κ2) is 8.76. The predicted molar refractivity (Wildman–Crippen MR) is 110 cm³/mol. The van der Waals surface area contributed by atoms with Crippen molar-refractivity contribution in [3.8, 4) is 0 Å². The minimum Gasteiger partial charge on any atom is -0.321 e. The van der Waals surface area contributed by atoms with Crippen LogP contribution in [-0.4, -0.2) is 27.3 Å². The van der Waals surface area contributed by atoms with Crippen LogP contribution in [-0.2, 0) is 6.54 Å². The monoisotopic (exact) mass is 372 g/mol. The maximum atomic E-state index is 12.6. The van der Waals surface area contributed by atoms with Gasteiger partial charge < -0.3 is 5.32 Å². The summed E-state index contributed by atoms with van der Waals surface area (Å²) < 4.78 is 0. The molecule has 3 aromatic rings. The van der Waals surface area contributed by atoms with Crippen molar-refractivity contribution in [2.24, 2.45) is 0 Å². The van der Waals surface area contributed by atoms with Gasteiger partial charge in [-0.05, 0) is 60.8 Å². The first-order chi connectivity index (χ1) is 13.8. The van der Waals surface area contributed by atoms with Crippen LogP contribution in [0.25, 0.3) is 0 Å². The molecule has 0 bridgehead atoms. The molecule has 0 aliphatic carbocycles. The molecule has 28 heavy (non-hydrogen) atoms. The number of rotatable bonds is 5. The second-order valence-corrected chi connectivity index (χ2v) is 7.16. The Kier molecular flexibility index (Phi) is 5.73. The molecule has 0 saturated carbocycles. The van der Waals surface area contributed by atoms with Gasteiger partial charge in [-0.1, -0.05) is 24.6 Å². The standard InChI is InChI=1S/C23H24N4O/c28-23(26-21-9-5-12-25-16-21)19-7-3-6-18(14-19)17-27-13-2-1-10-22(27)20-8-4-11-24-15-20/h3-9,11-12,14-16,22H,1-2,10,13,17H2,(H,26,28)/t22-/m1/s1. The number of hydrogen-bond acceptors (Lipinski definition) is 4. The number of carbonyl (C=O) groups is 1. The third kappa shape index (κ3) is 4.43. The van der Waals surface area contributed by atoms with Crippen LogP contribution in [0.1, 0.15) is 46.8 Å². The molecule has 0 unspecified atom stereocenters. The molecule has 1 atom stereocenters. The summed E-state index contributed by atoms with van der Waals surface area (Å²) >= 11 is 0. The summed E-state index contributed by atoms with van der Waals surface area (Å²) in [6.07, 6.45) is 10.7. The highest BCUT2D eigenvalue weighted by Crippen LogP contribution is 2.31. The number of nitrogens with one attached hydrogen (secondary N) is 1. The molecule has 1 aliphatic rings. The molecule has 3 heterocycles. The maximum absolute atomic E-state index is 12.6. The summed E-state index contributed by atoms with van der Waals surface area (Å²) in [6.45, 7) is 1.89. The fourth-order valence-electron chi connectivity index (χ4n) is 3.82. The summed E-state index contributed by atoms with van der Waals surface area (Å²) in [4.78, 5) is 23.4. The lowest BCUT2D eigenvalue weighted by molar-refractivity contribution is 0.102. The Morgan fingerprint density at radius 3 is 2.68 bits per heavy atom. The van der Waals surface area contributed by atoms with Crippen molar-refractivity contribution < 1.29 is 4.79 Å². The number of pyridine rings is 2. The normalized spacial score (nSPS) is 17.2. The third-order valence-electron chi connectivity index (χ3n) is 5.18. The van der Waals surface area contributed by atoms with Crippen LogP contribution in [0.4, 0.5) is 5.69 Å². The lowest BCUT2D eigenvalue weighted by Gasteiger charge is -2.36. The van der Waals surface area contributed by atoms with Crippen molar-refractivity contribution in [3.63, 3.8) is 0 Å². The van der Waals surface area contributed by atoms with Gasteiger partial charge in [-0.2, -0.15) is 0 Å². The van der Waals surface area contributed by atoms with Gasteiger partial charge in [0.15, 0.2) is 0 Å². The quantitative estimate of drug-likeness (QED) is 0.719. The summed E-state index contributed by atoms with van der Waals surface area (Å²) in [5, 5.41) is 2.90. The van der Waals surface area contributed by atoms with Gasteiger partial charge in [0.1, 0.15) is 0 Å². The Hall–Kier alpha value is -3.05. The number of likely N-dealkylation sites (tertiary alicyclic amines) is 1. The van der Waals surface area contributed by atoms with Crippen LogP contribution < -0.4 is 5.32 Å². The van der Waals surface area contributed by atoms with Gasteiger partial charge in [0.05, 0.1) is 11.9 Å². The van der Waals surface area contributed by atoms with Gasteiger partial charge in [0, 0.05) is 36.7 Å². The van der Waals surface area contributed by atoms with E-state index < -0.39 is 0 Å². The minimum absolute atomic E-state index is 0.114. The Morgan fingerprint density at radius 1 is 1.04 bits per heavy atom. The van der Waals surface area contributed by atoms with Gasteiger partial charge >= 0.3 is 0 Å². The molecular weight excluding hydrogens is 348 g/mol. The maximum Gasteiger partial charge on any atom is 0.255 e. The highest BCUT2D eigenvalue weighted by atomic mass is 16.1. The van der Waals surface area contributed by atoms with Crippen molar-refractivity contribution >= 4 is 11.6 Å². The van der Waals surface area contributed by atoms with Crippen molar-refractivity contribution in [2.75, 3.05) is 11.9 Å². The highest BCUT2D eigenvalue weighted by molar-refractivity contribution is 6.04. The molecule has 5 nitrogen and oxygen atoms in total. The van der Waals surface area contributed by atoms with E-state index in [1.54, 1.807) is 18.5 Å². The van der Waals surface area contributed by atoms with E-state index in [4.69, 9.17) is 0 Å². The van der Waals surface area contributed by atoms with Crippen LogP contribution in [0, 0.1) is 0 Å². The summed E-state index contributed by atoms with van der Waals surface area (Å²) in [7, 11) is 0. The molecule has 0 spiro atoms. The summed E-state index contributed by atoms with van der Waals surface area (Å²) in [5.41, 5.74) is 3.78. The third-order valence-corrected chi connectivity index (χ3v) is 5.18. The van der Waals surface area contributed by atoms with Crippen molar-refractivity contribution in [3.05, 3.63) is 90.0 Å². The Labute approximate surface area is 165 Å². The van der Waals surface area contributed by atoms with E-state index in [0.717, 1.165) is 25.1 Å². The minimum atomic E-state index is -0.114. The summed E-state index contributed by atoms with van der Waals surface area (Å²) in [6, 6.07) is 16.1. The van der Waals surface area contributed by atoms with Crippen LogP contribution in [0.15, 0.2) is 73.3 Å². The molecule has 1 amide bonds. The Balaban J connectivity index is 1.48. The zero-order valence-electron chi connectivity index (χ0n) is 15.8. The number of carbonyl (C=O) groups excluding carboxylic acids is 1. The number of aromatic nitrogens is 2. The largest absolute Gasteiger partial charge is 0.321 e. The fraction of sp³-hybridized carbons (Fsp3) is 0.261. The van der Waals surface area contributed by atoms with Crippen LogP contribution in [0.3, 0.4) is 0 Å². The average molecular weight is 372 g/mol. The van der Waals surface area contributed by atoms with Gasteiger partial charge in [-0.15, -0.1) is 0 Å². The molecule has 0 radical (unpaired) electrons. The zero-order chi connectivity index (χ0) is 19.2. The lowest BCUT2D eigenvalue weighted by atomic mass is 9.95. The van der Waals surface area contributed by atoms with Crippen LogP contribution >= 0.6 is 0 Å². The number of piperidine rings is 1. The van der Waals surface area contributed by atoms with E-state index in [2.05, 4.69) is 32.3 Å². The van der Waals surface area contributed by atoms with Gasteiger partial charge in [0.2, 0.25) is 0 Å². The van der Waals surface area contributed by atoms with Crippen molar-refractivity contribution in [1.82, 2.24) is 14.9 Å². The molecule has 1 saturated heterocycles. The van der Waals surface area contributed by atoms with E-state index in [-0.39, 0.29) is 5.91 Å². The molecule has 142 valence electrons. The van der Waals surface area contributed by atoms with Crippen molar-refractivity contribution in [2.45, 2.75) is 31.8 Å². The van der Waals surface area contributed by atoms with Crippen molar-refractivity contribution in [1.29, 1.82) is 0 Å². The van der Waals surface area contributed by atoms with Gasteiger partial charge in [-0.3, -0.25) is 19.7 Å². The number of anilines is 1. The molecule has 1 aliphatic heterocycles. The number of benzene rings is 1. The van der Waals surface area contributed by atoms with E-state index >= 15 is 0 Å². The van der Waals surface area contributed by atoms with Gasteiger partial charge in [-0.25, -0.2) is 0 Å². The molecular formula is C23H24N4O. The Bertz CT molecular complexity index is 914. The lowest BCUT2D eigenvalue weighted by Crippen LogP contribution is -2.33. The van der Waals surface area contributed by atoms with E-state index in [1.807, 2.05) is 42.7 Å². The first-order valence-corrected chi connectivity index (χ1v) is 9.74. The first-order valence-electron chi connectivity index (χ1n) is 9.74. The Morgan fingerprint density at radius 2 is 1.89 bits per heavy atom. The molecule has 1 N–H and O–H groups in total. The highest BCUT2D eigenvalue weighted by Gasteiger charge is 2.24. The number of amides is 1. The van der Waals surface area contributed by atoms with E-state index in [1.165, 1.54) is 18.4 Å². The molecule has 1 aromatic carbocycles. The molecule has 4 rings (SSSR count). The zero-order valence-corrected chi connectivity index (χ0v) is 15.8. The second-order valence-electron chi connectivity index (χ2n) is 7.16. The molecule has 2 aromatic heterocycles. The topological polar surface area (TPSA) is 58.1 Å². The SMILES string of the molecule is O=C(Nc1cccnc1)c1cccc(CN2CCCC[C@@H]2c2cccnc2)c1. The fourth-order valence-corrected chi connectivity index (χ4v) is 3.82. The smallest absolute Gasteiger partial charge is 0.255 e.